The molecule has 0 bridgehead atoms. The Labute approximate surface area is 157 Å². The Morgan fingerprint density at radius 2 is 1.89 bits per heavy atom. The number of benzene rings is 1. The molecule has 1 fully saturated rings. The molecule has 4 rings (SSSR count). The third kappa shape index (κ3) is 3.48. The molecule has 6 heteroatoms. The third-order valence-electron chi connectivity index (χ3n) is 5.16. The summed E-state index contributed by atoms with van der Waals surface area (Å²) in [4.78, 5) is 33.3. The van der Waals surface area contributed by atoms with E-state index in [1.165, 1.54) is 6.07 Å². The zero-order valence-corrected chi connectivity index (χ0v) is 15.2. The van der Waals surface area contributed by atoms with Crippen LogP contribution in [-0.2, 0) is 0 Å². The first kappa shape index (κ1) is 17.4. The normalized spacial score (nSPS) is 16.4. The van der Waals surface area contributed by atoms with Gasteiger partial charge in [-0.15, -0.1) is 0 Å². The van der Waals surface area contributed by atoms with Gasteiger partial charge >= 0.3 is 0 Å². The van der Waals surface area contributed by atoms with E-state index in [4.69, 9.17) is 4.42 Å². The fourth-order valence-electron chi connectivity index (χ4n) is 3.51. The summed E-state index contributed by atoms with van der Waals surface area (Å²) in [5.41, 5.74) is 1.42. The van der Waals surface area contributed by atoms with Gasteiger partial charge in [-0.25, -0.2) is 0 Å². The number of carbonyl (C=O) groups is 1. The van der Waals surface area contributed by atoms with Crippen molar-refractivity contribution in [2.75, 3.05) is 26.2 Å². The smallest absolute Gasteiger partial charge is 0.289 e. The molecule has 0 radical (unpaired) electrons. The largest absolute Gasteiger partial charge is 0.451 e. The molecule has 3 aromatic rings. The number of hydrogen-bond acceptors (Lipinski definition) is 5. The van der Waals surface area contributed by atoms with Crippen LogP contribution in [0.3, 0.4) is 0 Å². The molecule has 0 aliphatic carbocycles. The lowest BCUT2D eigenvalue weighted by Gasteiger charge is -2.37. The van der Waals surface area contributed by atoms with E-state index in [-0.39, 0.29) is 23.1 Å². The molecule has 0 N–H and O–H groups in total. The Morgan fingerprint density at radius 3 is 2.63 bits per heavy atom. The Morgan fingerprint density at radius 1 is 1.11 bits per heavy atom. The summed E-state index contributed by atoms with van der Waals surface area (Å²) in [7, 11) is 0. The molecule has 0 saturated carbocycles. The van der Waals surface area contributed by atoms with Crippen molar-refractivity contribution in [2.24, 2.45) is 0 Å². The fourth-order valence-corrected chi connectivity index (χ4v) is 3.51. The molecule has 0 spiro atoms. The molecule has 1 aliphatic rings. The van der Waals surface area contributed by atoms with Crippen LogP contribution < -0.4 is 5.43 Å². The second-order valence-corrected chi connectivity index (χ2v) is 6.76. The first-order valence-corrected chi connectivity index (χ1v) is 9.09. The average molecular weight is 363 g/mol. The Bertz CT molecular complexity index is 1010. The van der Waals surface area contributed by atoms with Gasteiger partial charge in [-0.05, 0) is 30.7 Å². The van der Waals surface area contributed by atoms with Gasteiger partial charge in [-0.3, -0.25) is 19.5 Å². The topological polar surface area (TPSA) is 66.7 Å². The minimum Gasteiger partial charge on any atom is -0.451 e. The van der Waals surface area contributed by atoms with Crippen molar-refractivity contribution >= 4 is 16.9 Å². The van der Waals surface area contributed by atoms with Gasteiger partial charge in [0.15, 0.2) is 11.2 Å². The summed E-state index contributed by atoms with van der Waals surface area (Å²) in [6, 6.07) is 12.5. The number of piperazine rings is 1. The van der Waals surface area contributed by atoms with Gasteiger partial charge < -0.3 is 9.32 Å². The maximum absolute atomic E-state index is 12.8. The number of carbonyl (C=O) groups excluding carboxylic acids is 1. The van der Waals surface area contributed by atoms with Gasteiger partial charge in [0.05, 0.1) is 5.39 Å². The predicted molar refractivity (Wildman–Crippen MR) is 103 cm³/mol. The molecule has 2 aromatic heterocycles. The summed E-state index contributed by atoms with van der Waals surface area (Å²) in [5.74, 6) is -0.126. The van der Waals surface area contributed by atoms with E-state index in [1.807, 2.05) is 12.3 Å². The summed E-state index contributed by atoms with van der Waals surface area (Å²) in [6.07, 6.45) is 3.65. The SMILES string of the molecule is CC(c1cccnc1)N1CCN(C(=O)c2cc(=O)c3ccccc3o2)CC1. The monoisotopic (exact) mass is 363 g/mol. The summed E-state index contributed by atoms with van der Waals surface area (Å²) in [6.45, 7) is 4.87. The second-order valence-electron chi connectivity index (χ2n) is 6.76. The van der Waals surface area contributed by atoms with Crippen molar-refractivity contribution in [1.29, 1.82) is 0 Å². The lowest BCUT2D eigenvalue weighted by atomic mass is 10.1. The van der Waals surface area contributed by atoms with Crippen LogP contribution in [0.2, 0.25) is 0 Å². The minimum absolute atomic E-state index is 0.104. The highest BCUT2D eigenvalue weighted by Gasteiger charge is 2.27. The second kappa shape index (κ2) is 7.32. The van der Waals surface area contributed by atoms with Crippen LogP contribution in [0.1, 0.15) is 29.1 Å². The summed E-state index contributed by atoms with van der Waals surface area (Å²) >= 11 is 0. The maximum Gasteiger partial charge on any atom is 0.289 e. The van der Waals surface area contributed by atoms with Crippen molar-refractivity contribution in [3.05, 3.63) is 76.4 Å². The summed E-state index contributed by atoms with van der Waals surface area (Å²) in [5, 5.41) is 0.490. The molecule has 3 heterocycles. The molecule has 1 amide bonds. The highest BCUT2D eigenvalue weighted by Crippen LogP contribution is 2.21. The lowest BCUT2D eigenvalue weighted by Crippen LogP contribution is -2.49. The molecule has 1 aliphatic heterocycles. The van der Waals surface area contributed by atoms with Crippen LogP contribution >= 0.6 is 0 Å². The molecule has 138 valence electrons. The zero-order valence-electron chi connectivity index (χ0n) is 15.2. The highest BCUT2D eigenvalue weighted by molar-refractivity contribution is 5.93. The molecule has 6 nitrogen and oxygen atoms in total. The number of rotatable bonds is 3. The molecular weight excluding hydrogens is 342 g/mol. The first-order valence-electron chi connectivity index (χ1n) is 9.09. The standard InChI is InChI=1S/C21H21N3O3/c1-15(16-5-4-8-22-14-16)23-9-11-24(12-10-23)21(26)20-13-18(25)17-6-2-3-7-19(17)27-20/h2-8,13-15H,9-12H2,1H3. The van der Waals surface area contributed by atoms with Gasteiger partial charge in [0.1, 0.15) is 5.58 Å². The van der Waals surface area contributed by atoms with Gasteiger partial charge in [-0.2, -0.15) is 0 Å². The molecular formula is C21H21N3O3. The average Bonchev–Trinajstić information content (AvgIpc) is 2.73. The van der Waals surface area contributed by atoms with E-state index < -0.39 is 0 Å². The van der Waals surface area contributed by atoms with Crippen LogP contribution in [0.5, 0.6) is 0 Å². The van der Waals surface area contributed by atoms with Crippen LogP contribution in [0.4, 0.5) is 0 Å². The van der Waals surface area contributed by atoms with E-state index in [9.17, 15) is 9.59 Å². The van der Waals surface area contributed by atoms with E-state index in [1.54, 1.807) is 35.4 Å². The van der Waals surface area contributed by atoms with Crippen LogP contribution in [0.25, 0.3) is 11.0 Å². The van der Waals surface area contributed by atoms with E-state index in [0.717, 1.165) is 18.7 Å². The van der Waals surface area contributed by atoms with Crippen molar-refractivity contribution < 1.29 is 9.21 Å². The Balaban J connectivity index is 1.47. The zero-order chi connectivity index (χ0) is 18.8. The van der Waals surface area contributed by atoms with Gasteiger partial charge in [0, 0.05) is 50.7 Å². The minimum atomic E-state index is -0.230. The first-order chi connectivity index (χ1) is 13.1. The number of hydrogen-bond donors (Lipinski definition) is 0. The molecule has 1 aromatic carbocycles. The number of pyridine rings is 1. The molecule has 1 saturated heterocycles. The number of fused-ring (bicyclic) bond motifs is 1. The molecule has 1 unspecified atom stereocenters. The predicted octanol–water partition coefficient (Wildman–Crippen LogP) is 2.71. The van der Waals surface area contributed by atoms with Crippen molar-refractivity contribution in [2.45, 2.75) is 13.0 Å². The van der Waals surface area contributed by atoms with Crippen molar-refractivity contribution in [1.82, 2.24) is 14.8 Å². The van der Waals surface area contributed by atoms with Gasteiger partial charge in [0.2, 0.25) is 0 Å². The van der Waals surface area contributed by atoms with Crippen LogP contribution in [0, 0.1) is 0 Å². The summed E-state index contributed by atoms with van der Waals surface area (Å²) < 4.78 is 5.69. The maximum atomic E-state index is 12.8. The Hall–Kier alpha value is -2.99. The third-order valence-corrected chi connectivity index (χ3v) is 5.16. The van der Waals surface area contributed by atoms with Gasteiger partial charge in [-0.1, -0.05) is 18.2 Å². The fraction of sp³-hybridized carbons (Fsp3) is 0.286. The number of para-hydroxylation sites is 1. The van der Waals surface area contributed by atoms with Gasteiger partial charge in [0.25, 0.3) is 5.91 Å². The van der Waals surface area contributed by atoms with Crippen molar-refractivity contribution in [3.63, 3.8) is 0 Å². The van der Waals surface area contributed by atoms with E-state index >= 15 is 0 Å². The highest BCUT2D eigenvalue weighted by atomic mass is 16.3. The van der Waals surface area contributed by atoms with Crippen LogP contribution in [-0.4, -0.2) is 46.9 Å². The van der Waals surface area contributed by atoms with E-state index in [0.29, 0.717) is 24.1 Å². The van der Waals surface area contributed by atoms with Crippen LogP contribution in [0.15, 0.2) is 64.1 Å². The lowest BCUT2D eigenvalue weighted by molar-refractivity contribution is 0.0553. The number of aromatic nitrogens is 1. The number of amides is 1. The molecule has 27 heavy (non-hydrogen) atoms. The quantitative estimate of drug-likeness (QED) is 0.716. The Kier molecular flexibility index (Phi) is 4.73. The van der Waals surface area contributed by atoms with E-state index in [2.05, 4.69) is 22.9 Å². The number of nitrogens with zero attached hydrogens (tertiary/aromatic N) is 3. The van der Waals surface area contributed by atoms with Crippen molar-refractivity contribution in [3.8, 4) is 0 Å². The molecule has 1 atom stereocenters.